The normalized spacial score (nSPS) is 10.3. The average molecular weight is 335 g/mol. The van der Waals surface area contributed by atoms with Crippen molar-refractivity contribution < 1.29 is 19.4 Å². The van der Waals surface area contributed by atoms with Crippen LogP contribution in [0.5, 0.6) is 17.4 Å². The Bertz CT molecular complexity index is 1020. The summed E-state index contributed by atoms with van der Waals surface area (Å²) in [5.74, 6) is -0.279. The molecular formula is C18H13N3O4. The Balaban J connectivity index is 2.04. The van der Waals surface area contributed by atoms with E-state index in [0.717, 1.165) is 0 Å². The zero-order valence-corrected chi connectivity index (χ0v) is 13.5. The number of aromatic hydroxyl groups is 1. The Morgan fingerprint density at radius 3 is 2.76 bits per heavy atom. The maximum atomic E-state index is 11.7. The molecule has 3 aromatic rings. The maximum Gasteiger partial charge on any atom is 0.360 e. The molecule has 0 amide bonds. The molecule has 0 atom stereocenters. The highest BCUT2D eigenvalue weighted by Crippen LogP contribution is 2.31. The standard InChI is InChI=1S/C18H13N3O4/c1-10-15-13(17(22)16(20-10)18(23)24-2)6-7-14(21-15)25-12-5-3-4-11(8-12)9-19/h3-8,22H,1-2H3. The van der Waals surface area contributed by atoms with Crippen LogP contribution in [0.1, 0.15) is 21.7 Å². The van der Waals surface area contributed by atoms with E-state index in [1.165, 1.54) is 7.11 Å². The van der Waals surface area contributed by atoms with Crippen LogP contribution in [0.2, 0.25) is 0 Å². The minimum Gasteiger partial charge on any atom is -0.505 e. The predicted molar refractivity (Wildman–Crippen MR) is 88.5 cm³/mol. The Morgan fingerprint density at radius 1 is 1.24 bits per heavy atom. The number of hydrogen-bond acceptors (Lipinski definition) is 7. The molecule has 7 nitrogen and oxygen atoms in total. The molecule has 7 heteroatoms. The molecule has 25 heavy (non-hydrogen) atoms. The number of benzene rings is 1. The Morgan fingerprint density at radius 2 is 2.04 bits per heavy atom. The average Bonchev–Trinajstić information content (AvgIpc) is 2.64. The minimum absolute atomic E-state index is 0.162. The SMILES string of the molecule is COC(=O)c1nc(C)c2nc(Oc3cccc(C#N)c3)ccc2c1O. The van der Waals surface area contributed by atoms with Crippen LogP contribution in [0, 0.1) is 18.3 Å². The first kappa shape index (κ1) is 16.2. The largest absolute Gasteiger partial charge is 0.505 e. The summed E-state index contributed by atoms with van der Waals surface area (Å²) in [5.41, 5.74) is 1.16. The van der Waals surface area contributed by atoms with Gasteiger partial charge in [-0.05, 0) is 31.2 Å². The number of carbonyl (C=O) groups is 1. The second-order valence-corrected chi connectivity index (χ2v) is 5.17. The number of aromatic nitrogens is 2. The lowest BCUT2D eigenvalue weighted by Crippen LogP contribution is -2.07. The summed E-state index contributed by atoms with van der Waals surface area (Å²) in [7, 11) is 1.22. The molecule has 0 fully saturated rings. The van der Waals surface area contributed by atoms with Gasteiger partial charge in [0.25, 0.3) is 0 Å². The zero-order chi connectivity index (χ0) is 18.0. The number of carbonyl (C=O) groups excluding carboxylic acids is 1. The summed E-state index contributed by atoms with van der Waals surface area (Å²) in [5, 5.41) is 19.5. The van der Waals surface area contributed by atoms with Gasteiger partial charge in [-0.15, -0.1) is 0 Å². The van der Waals surface area contributed by atoms with Crippen molar-refractivity contribution in [3.05, 3.63) is 53.3 Å². The number of ether oxygens (including phenoxy) is 2. The molecule has 1 aromatic carbocycles. The van der Waals surface area contributed by atoms with Gasteiger partial charge < -0.3 is 14.6 Å². The monoisotopic (exact) mass is 335 g/mol. The number of rotatable bonds is 3. The van der Waals surface area contributed by atoms with Crippen LogP contribution in [0.25, 0.3) is 10.9 Å². The molecule has 0 saturated carbocycles. The van der Waals surface area contributed by atoms with Crippen LogP contribution in [0.15, 0.2) is 36.4 Å². The lowest BCUT2D eigenvalue weighted by molar-refractivity contribution is 0.0590. The quantitative estimate of drug-likeness (QED) is 0.733. The van der Waals surface area contributed by atoms with E-state index in [1.54, 1.807) is 43.3 Å². The molecule has 0 aliphatic rings. The van der Waals surface area contributed by atoms with Crippen molar-refractivity contribution in [2.24, 2.45) is 0 Å². The number of methoxy groups -OCH3 is 1. The van der Waals surface area contributed by atoms with Crippen molar-refractivity contribution >= 4 is 16.9 Å². The van der Waals surface area contributed by atoms with E-state index in [0.29, 0.717) is 27.9 Å². The summed E-state index contributed by atoms with van der Waals surface area (Å²) in [6.45, 7) is 1.67. The topological polar surface area (TPSA) is 105 Å². The molecule has 0 radical (unpaired) electrons. The van der Waals surface area contributed by atoms with Crippen molar-refractivity contribution in [2.75, 3.05) is 7.11 Å². The van der Waals surface area contributed by atoms with Gasteiger partial charge in [-0.25, -0.2) is 14.8 Å². The second-order valence-electron chi connectivity index (χ2n) is 5.17. The Hall–Kier alpha value is -3.66. The highest BCUT2D eigenvalue weighted by Gasteiger charge is 2.19. The van der Waals surface area contributed by atoms with Gasteiger partial charge in [-0.2, -0.15) is 5.26 Å². The van der Waals surface area contributed by atoms with Crippen LogP contribution in [-0.4, -0.2) is 28.2 Å². The lowest BCUT2D eigenvalue weighted by Gasteiger charge is -2.10. The number of fused-ring (bicyclic) bond motifs is 1. The fraction of sp³-hybridized carbons (Fsp3) is 0.111. The molecule has 0 bridgehead atoms. The lowest BCUT2D eigenvalue weighted by atomic mass is 10.1. The van der Waals surface area contributed by atoms with Crippen LogP contribution >= 0.6 is 0 Å². The van der Waals surface area contributed by atoms with E-state index in [4.69, 9.17) is 10.00 Å². The summed E-state index contributed by atoms with van der Waals surface area (Å²) >= 11 is 0. The molecule has 0 spiro atoms. The van der Waals surface area contributed by atoms with E-state index >= 15 is 0 Å². The van der Waals surface area contributed by atoms with E-state index in [2.05, 4.69) is 14.7 Å². The van der Waals surface area contributed by atoms with Crippen LogP contribution in [0.3, 0.4) is 0 Å². The van der Waals surface area contributed by atoms with Crippen LogP contribution in [0.4, 0.5) is 0 Å². The summed E-state index contributed by atoms with van der Waals surface area (Å²) < 4.78 is 10.3. The first-order valence-electron chi connectivity index (χ1n) is 7.30. The van der Waals surface area contributed by atoms with Gasteiger partial charge in [0.2, 0.25) is 5.88 Å². The van der Waals surface area contributed by atoms with Gasteiger partial charge in [0.05, 0.1) is 30.0 Å². The second kappa shape index (κ2) is 6.45. The molecule has 1 N–H and O–H groups in total. The van der Waals surface area contributed by atoms with Gasteiger partial charge >= 0.3 is 5.97 Å². The molecule has 2 heterocycles. The predicted octanol–water partition coefficient (Wildman–Crippen LogP) is 3.09. The number of nitrogens with zero attached hydrogens (tertiary/aromatic N) is 3. The van der Waals surface area contributed by atoms with Crippen molar-refractivity contribution in [3.63, 3.8) is 0 Å². The van der Waals surface area contributed by atoms with E-state index in [1.807, 2.05) is 6.07 Å². The highest BCUT2D eigenvalue weighted by atomic mass is 16.5. The van der Waals surface area contributed by atoms with Crippen molar-refractivity contribution in [3.8, 4) is 23.4 Å². The molecule has 0 aliphatic heterocycles. The highest BCUT2D eigenvalue weighted by molar-refractivity contribution is 5.98. The summed E-state index contributed by atoms with van der Waals surface area (Å²) in [4.78, 5) is 20.1. The molecule has 3 rings (SSSR count). The maximum absolute atomic E-state index is 11.7. The van der Waals surface area contributed by atoms with Gasteiger partial charge in [0.15, 0.2) is 11.4 Å². The molecule has 0 aliphatic carbocycles. The third kappa shape index (κ3) is 3.05. The number of pyridine rings is 2. The van der Waals surface area contributed by atoms with E-state index in [9.17, 15) is 9.90 Å². The Kier molecular flexibility index (Phi) is 4.18. The first-order chi connectivity index (χ1) is 12.0. The number of aryl methyl sites for hydroxylation is 1. The first-order valence-corrected chi connectivity index (χ1v) is 7.30. The van der Waals surface area contributed by atoms with E-state index < -0.39 is 5.97 Å². The minimum atomic E-state index is -0.726. The Labute approximate surface area is 143 Å². The fourth-order valence-corrected chi connectivity index (χ4v) is 2.36. The number of hydrogen-bond donors (Lipinski definition) is 1. The zero-order valence-electron chi connectivity index (χ0n) is 13.5. The third-order valence-electron chi connectivity index (χ3n) is 3.54. The van der Waals surface area contributed by atoms with E-state index in [-0.39, 0.29) is 17.3 Å². The molecule has 0 unspecified atom stereocenters. The van der Waals surface area contributed by atoms with Gasteiger partial charge in [0, 0.05) is 11.5 Å². The van der Waals surface area contributed by atoms with Crippen LogP contribution in [-0.2, 0) is 4.74 Å². The van der Waals surface area contributed by atoms with Gasteiger partial charge in [0.1, 0.15) is 5.75 Å². The van der Waals surface area contributed by atoms with Crippen molar-refractivity contribution in [2.45, 2.75) is 6.92 Å². The molecule has 2 aromatic heterocycles. The van der Waals surface area contributed by atoms with Crippen molar-refractivity contribution in [1.82, 2.24) is 9.97 Å². The van der Waals surface area contributed by atoms with Gasteiger partial charge in [-0.3, -0.25) is 0 Å². The van der Waals surface area contributed by atoms with Crippen LogP contribution < -0.4 is 4.74 Å². The summed E-state index contributed by atoms with van der Waals surface area (Å²) in [6, 6.07) is 11.8. The third-order valence-corrected chi connectivity index (χ3v) is 3.54. The van der Waals surface area contributed by atoms with Crippen molar-refractivity contribution in [1.29, 1.82) is 5.26 Å². The number of nitriles is 1. The van der Waals surface area contributed by atoms with Gasteiger partial charge in [-0.1, -0.05) is 6.07 Å². The fourth-order valence-electron chi connectivity index (χ4n) is 2.36. The molecule has 0 saturated heterocycles. The smallest absolute Gasteiger partial charge is 0.360 e. The molecular weight excluding hydrogens is 322 g/mol. The molecule has 124 valence electrons. The number of esters is 1. The summed E-state index contributed by atoms with van der Waals surface area (Å²) in [6.07, 6.45) is 0.